The molecule has 0 saturated heterocycles. The van der Waals surface area contributed by atoms with Crippen LogP contribution in [0.4, 0.5) is 0 Å². The van der Waals surface area contributed by atoms with Crippen LogP contribution in [-0.2, 0) is 0 Å². The summed E-state index contributed by atoms with van der Waals surface area (Å²) < 4.78 is 2.42. The van der Waals surface area contributed by atoms with Gasteiger partial charge in [0.2, 0.25) is 0 Å². The monoisotopic (exact) mass is 776 g/mol. The first-order chi connectivity index (χ1) is 30.2. The van der Waals surface area contributed by atoms with Gasteiger partial charge in [-0.15, -0.1) is 0 Å². The number of benzene rings is 9. The molecule has 9 aromatic carbocycles. The van der Waals surface area contributed by atoms with E-state index in [9.17, 15) is 0 Å². The lowest BCUT2D eigenvalue weighted by Gasteiger charge is -2.15. The Morgan fingerprint density at radius 1 is 0.311 bits per heavy atom. The minimum Gasteiger partial charge on any atom is -0.309 e. The van der Waals surface area contributed by atoms with Gasteiger partial charge in [-0.1, -0.05) is 182 Å². The first-order valence-electron chi connectivity index (χ1n) is 20.7. The maximum absolute atomic E-state index is 5.58. The third kappa shape index (κ3) is 5.96. The van der Waals surface area contributed by atoms with Crippen molar-refractivity contribution in [2.75, 3.05) is 0 Å². The fourth-order valence-corrected chi connectivity index (χ4v) is 9.02. The Morgan fingerprint density at radius 2 is 0.918 bits per heavy atom. The molecule has 284 valence electrons. The second-order valence-electron chi connectivity index (χ2n) is 15.6. The van der Waals surface area contributed by atoms with Crippen molar-refractivity contribution in [3.8, 4) is 62.0 Å². The Kier molecular flexibility index (Phi) is 8.13. The van der Waals surface area contributed by atoms with Crippen molar-refractivity contribution in [2.24, 2.45) is 0 Å². The molecule has 0 fully saturated rings. The van der Waals surface area contributed by atoms with Crippen LogP contribution < -0.4 is 0 Å². The first kappa shape index (κ1) is 34.8. The highest BCUT2D eigenvalue weighted by atomic mass is 15.0. The largest absolute Gasteiger partial charge is 0.309 e. The maximum atomic E-state index is 5.58. The Morgan fingerprint density at radius 3 is 1.67 bits per heavy atom. The molecule has 0 spiro atoms. The van der Waals surface area contributed by atoms with Gasteiger partial charge in [-0.2, -0.15) is 0 Å². The van der Waals surface area contributed by atoms with Crippen LogP contribution in [0.5, 0.6) is 0 Å². The molecule has 0 aliphatic heterocycles. The van der Waals surface area contributed by atoms with E-state index in [1.165, 1.54) is 38.0 Å². The molecule has 61 heavy (non-hydrogen) atoms. The van der Waals surface area contributed by atoms with E-state index in [-0.39, 0.29) is 0 Å². The molecule has 12 aromatic rings. The van der Waals surface area contributed by atoms with Crippen LogP contribution >= 0.6 is 0 Å². The Balaban J connectivity index is 1.06. The fourth-order valence-electron chi connectivity index (χ4n) is 9.02. The minimum absolute atomic E-state index is 0.702. The average molecular weight is 777 g/mol. The van der Waals surface area contributed by atoms with Gasteiger partial charge >= 0.3 is 0 Å². The molecule has 0 amide bonds. The molecule has 0 radical (unpaired) electrons. The van der Waals surface area contributed by atoms with E-state index in [1.807, 2.05) is 36.4 Å². The van der Waals surface area contributed by atoms with Crippen molar-refractivity contribution in [1.82, 2.24) is 19.5 Å². The summed E-state index contributed by atoms with van der Waals surface area (Å²) in [5, 5.41) is 8.29. The van der Waals surface area contributed by atoms with Crippen LogP contribution in [0.15, 0.2) is 218 Å². The summed E-state index contributed by atoms with van der Waals surface area (Å²) in [7, 11) is 0. The molecule has 0 N–H and O–H groups in total. The summed E-state index contributed by atoms with van der Waals surface area (Å²) in [6.45, 7) is 0. The van der Waals surface area contributed by atoms with Crippen molar-refractivity contribution < 1.29 is 0 Å². The molecule has 0 atom stereocenters. The molecule has 4 heteroatoms. The predicted octanol–water partition coefficient (Wildman–Crippen LogP) is 14.8. The van der Waals surface area contributed by atoms with Gasteiger partial charge in [0, 0.05) is 55.0 Å². The summed E-state index contributed by atoms with van der Waals surface area (Å²) in [5.41, 5.74) is 13.5. The van der Waals surface area contributed by atoms with Crippen LogP contribution in [0.3, 0.4) is 0 Å². The van der Waals surface area contributed by atoms with Crippen LogP contribution in [0, 0.1) is 0 Å². The number of hydrogen-bond donors (Lipinski definition) is 0. The normalized spacial score (nSPS) is 11.6. The standard InChI is InChI=1S/C57H36N4/c1-4-16-39(17-5-1)51-36-52(59-57(58-51)42-20-8-3-9-21-42)40-29-27-38(28-30-40)45-24-14-25-47-48-35-54-49(34-50(48)55(60-56(45)47)41-18-6-2-7-19-41)46-23-12-13-26-53(46)61(54)44-32-31-37-15-10-11-22-43(37)33-44/h1-36H. The third-order valence-corrected chi connectivity index (χ3v) is 12.0. The zero-order valence-corrected chi connectivity index (χ0v) is 33.1. The van der Waals surface area contributed by atoms with Crippen LogP contribution in [-0.4, -0.2) is 19.5 Å². The highest BCUT2D eigenvalue weighted by Gasteiger charge is 2.19. The number of nitrogens with zero attached hydrogens (tertiary/aromatic N) is 4. The fraction of sp³-hybridized carbons (Fsp3) is 0. The lowest BCUT2D eigenvalue weighted by atomic mass is 9.94. The lowest BCUT2D eigenvalue weighted by Crippen LogP contribution is -1.96. The van der Waals surface area contributed by atoms with E-state index in [2.05, 4.69) is 187 Å². The molecular weight excluding hydrogens is 741 g/mol. The van der Waals surface area contributed by atoms with Crippen LogP contribution in [0.2, 0.25) is 0 Å². The second kappa shape index (κ2) is 14.3. The number of hydrogen-bond acceptors (Lipinski definition) is 3. The topological polar surface area (TPSA) is 43.6 Å². The van der Waals surface area contributed by atoms with Gasteiger partial charge in [-0.25, -0.2) is 15.0 Å². The van der Waals surface area contributed by atoms with Crippen LogP contribution in [0.1, 0.15) is 0 Å². The summed E-state index contributed by atoms with van der Waals surface area (Å²) in [4.78, 5) is 15.7. The van der Waals surface area contributed by atoms with Crippen LogP contribution in [0.25, 0.3) is 116 Å². The van der Waals surface area contributed by atoms with E-state index in [0.29, 0.717) is 5.82 Å². The molecule has 4 nitrogen and oxygen atoms in total. The SMILES string of the molecule is c1ccc(-c2cc(-c3ccc(-c4cccc5c4nc(-c4ccccc4)c4cc6c7ccccc7n(-c7ccc8ccccc8c7)c6cc45)cc3)nc(-c3ccccc3)n2)cc1. The quantitative estimate of drug-likeness (QED) is 0.158. The number of aromatic nitrogens is 4. The summed E-state index contributed by atoms with van der Waals surface area (Å²) in [6.07, 6.45) is 0. The zero-order chi connectivity index (χ0) is 40.3. The van der Waals surface area contributed by atoms with Gasteiger partial charge in [0.15, 0.2) is 5.82 Å². The molecule has 0 aliphatic rings. The van der Waals surface area contributed by atoms with Crippen molar-refractivity contribution in [3.05, 3.63) is 218 Å². The van der Waals surface area contributed by atoms with E-state index in [0.717, 1.165) is 72.4 Å². The predicted molar refractivity (Wildman–Crippen MR) is 254 cm³/mol. The highest BCUT2D eigenvalue weighted by molar-refractivity contribution is 6.21. The number of rotatable bonds is 6. The molecule has 12 rings (SSSR count). The van der Waals surface area contributed by atoms with E-state index >= 15 is 0 Å². The Hall–Kier alpha value is -8.21. The van der Waals surface area contributed by atoms with Crippen molar-refractivity contribution in [3.63, 3.8) is 0 Å². The minimum atomic E-state index is 0.702. The molecule has 0 unspecified atom stereocenters. The number of fused-ring (bicyclic) bond motifs is 7. The average Bonchev–Trinajstić information content (AvgIpc) is 3.66. The number of pyridine rings is 1. The van der Waals surface area contributed by atoms with Gasteiger partial charge in [-0.05, 0) is 58.1 Å². The molecule has 0 bridgehead atoms. The van der Waals surface area contributed by atoms with Gasteiger partial charge in [0.1, 0.15) is 0 Å². The molecule has 3 aromatic heterocycles. The highest BCUT2D eigenvalue weighted by Crippen LogP contribution is 2.42. The van der Waals surface area contributed by atoms with Crippen molar-refractivity contribution in [2.45, 2.75) is 0 Å². The molecular formula is C57H36N4. The van der Waals surface area contributed by atoms with Gasteiger partial charge < -0.3 is 4.57 Å². The van der Waals surface area contributed by atoms with E-state index in [4.69, 9.17) is 15.0 Å². The third-order valence-electron chi connectivity index (χ3n) is 12.0. The van der Waals surface area contributed by atoms with E-state index in [1.54, 1.807) is 0 Å². The molecule has 0 aliphatic carbocycles. The molecule has 0 saturated carbocycles. The Bertz CT molecular complexity index is 3560. The first-order valence-corrected chi connectivity index (χ1v) is 20.7. The van der Waals surface area contributed by atoms with Crippen molar-refractivity contribution in [1.29, 1.82) is 0 Å². The van der Waals surface area contributed by atoms with E-state index < -0.39 is 0 Å². The van der Waals surface area contributed by atoms with Gasteiger partial charge in [-0.3, -0.25) is 0 Å². The van der Waals surface area contributed by atoms with Gasteiger partial charge in [0.05, 0.1) is 33.6 Å². The van der Waals surface area contributed by atoms with Gasteiger partial charge in [0.25, 0.3) is 0 Å². The Labute approximate surface area is 352 Å². The van der Waals surface area contributed by atoms with Crippen molar-refractivity contribution >= 4 is 54.3 Å². The molecule has 3 heterocycles. The summed E-state index contributed by atoms with van der Waals surface area (Å²) in [5.74, 6) is 0.702. The summed E-state index contributed by atoms with van der Waals surface area (Å²) in [6, 6.07) is 77.4. The second-order valence-corrected chi connectivity index (χ2v) is 15.6. The zero-order valence-electron chi connectivity index (χ0n) is 33.1. The smallest absolute Gasteiger partial charge is 0.160 e. The lowest BCUT2D eigenvalue weighted by molar-refractivity contribution is 1.18. The number of para-hydroxylation sites is 2. The maximum Gasteiger partial charge on any atom is 0.160 e. The summed E-state index contributed by atoms with van der Waals surface area (Å²) >= 11 is 0.